The molecule has 32 heavy (non-hydrogen) atoms. The molecule has 1 fully saturated rings. The summed E-state index contributed by atoms with van der Waals surface area (Å²) in [5, 5.41) is 0. The summed E-state index contributed by atoms with van der Waals surface area (Å²) in [6, 6.07) is 13.3. The number of anilines is 1. The van der Waals surface area contributed by atoms with Crippen molar-refractivity contribution in [2.75, 3.05) is 24.6 Å². The highest BCUT2D eigenvalue weighted by atomic mass is 16.5. The molecule has 5 heteroatoms. The van der Waals surface area contributed by atoms with Crippen molar-refractivity contribution >= 4 is 23.1 Å². The lowest BCUT2D eigenvalue weighted by Gasteiger charge is -2.33. The van der Waals surface area contributed by atoms with Gasteiger partial charge in [0, 0.05) is 13.1 Å². The van der Waals surface area contributed by atoms with Crippen molar-refractivity contribution in [3.05, 3.63) is 64.9 Å². The number of nitrogens with zero attached hydrogens (tertiary/aromatic N) is 2. The highest BCUT2D eigenvalue weighted by Crippen LogP contribution is 2.38. The lowest BCUT2D eigenvalue weighted by molar-refractivity contribution is -0.120. The predicted molar refractivity (Wildman–Crippen MR) is 128 cm³/mol. The molecule has 4 rings (SSSR count). The SMILES string of the molecule is CCCOc1ccc(C2=C(N3CCCC(C)C3)C(=O)N(c3cccc(C)c3C)C2=O)cc1. The Balaban J connectivity index is 1.79. The highest BCUT2D eigenvalue weighted by Gasteiger charge is 2.43. The number of rotatable bonds is 6. The topological polar surface area (TPSA) is 49.9 Å². The van der Waals surface area contributed by atoms with Gasteiger partial charge in [-0.05, 0) is 73.9 Å². The van der Waals surface area contributed by atoms with E-state index in [4.69, 9.17) is 4.74 Å². The minimum atomic E-state index is -0.251. The first-order valence-corrected chi connectivity index (χ1v) is 11.6. The molecule has 2 heterocycles. The fourth-order valence-electron chi connectivity index (χ4n) is 4.60. The second kappa shape index (κ2) is 9.19. The number of likely N-dealkylation sites (tertiary alicyclic amines) is 1. The standard InChI is InChI=1S/C27H32N2O3/c1-5-16-32-22-13-11-21(12-14-22)24-25(28-15-7-8-18(2)17-28)27(31)29(26(24)30)23-10-6-9-19(3)20(23)4/h6,9-14,18H,5,7-8,15-17H2,1-4H3. The zero-order valence-corrected chi connectivity index (χ0v) is 19.5. The van der Waals surface area contributed by atoms with Crippen LogP contribution >= 0.6 is 0 Å². The Kier molecular flexibility index (Phi) is 6.35. The molecule has 0 bridgehead atoms. The molecule has 0 N–H and O–H groups in total. The second-order valence-corrected chi connectivity index (χ2v) is 8.95. The van der Waals surface area contributed by atoms with Gasteiger partial charge in [0.05, 0.1) is 17.9 Å². The number of hydrogen-bond donors (Lipinski definition) is 0. The summed E-state index contributed by atoms with van der Waals surface area (Å²) in [4.78, 5) is 31.0. The molecule has 5 nitrogen and oxygen atoms in total. The van der Waals surface area contributed by atoms with Gasteiger partial charge in [-0.15, -0.1) is 0 Å². The number of aryl methyl sites for hydroxylation is 1. The Morgan fingerprint density at radius 1 is 1.03 bits per heavy atom. The summed E-state index contributed by atoms with van der Waals surface area (Å²) < 4.78 is 5.71. The van der Waals surface area contributed by atoms with Crippen LogP contribution in [0.25, 0.3) is 5.57 Å². The van der Waals surface area contributed by atoms with Crippen molar-refractivity contribution in [2.45, 2.75) is 47.0 Å². The molecule has 0 saturated carbocycles. The molecule has 1 unspecified atom stereocenters. The molecule has 0 aliphatic carbocycles. The van der Waals surface area contributed by atoms with E-state index in [0.717, 1.165) is 54.8 Å². The van der Waals surface area contributed by atoms with Crippen molar-refractivity contribution in [1.82, 2.24) is 4.90 Å². The van der Waals surface area contributed by atoms with E-state index in [-0.39, 0.29) is 11.8 Å². The first kappa shape index (κ1) is 22.1. The Hall–Kier alpha value is -3.08. The summed E-state index contributed by atoms with van der Waals surface area (Å²) in [6.45, 7) is 10.5. The normalized spacial score (nSPS) is 19.2. The Bertz CT molecular complexity index is 1060. The highest BCUT2D eigenvalue weighted by molar-refractivity contribution is 6.45. The van der Waals surface area contributed by atoms with Crippen LogP contribution in [0.4, 0.5) is 5.69 Å². The fourth-order valence-corrected chi connectivity index (χ4v) is 4.60. The van der Waals surface area contributed by atoms with E-state index >= 15 is 0 Å². The summed E-state index contributed by atoms with van der Waals surface area (Å²) in [6.07, 6.45) is 3.10. The molecule has 2 aromatic rings. The molecular formula is C27H32N2O3. The van der Waals surface area contributed by atoms with Crippen LogP contribution in [-0.2, 0) is 9.59 Å². The van der Waals surface area contributed by atoms with E-state index in [0.29, 0.717) is 29.5 Å². The maximum atomic E-state index is 13.8. The van der Waals surface area contributed by atoms with E-state index in [1.807, 2.05) is 56.3 Å². The Labute approximate surface area is 190 Å². The molecule has 0 aromatic heterocycles. The third-order valence-corrected chi connectivity index (χ3v) is 6.47. The number of imide groups is 1. The number of hydrogen-bond acceptors (Lipinski definition) is 4. The van der Waals surface area contributed by atoms with E-state index < -0.39 is 0 Å². The van der Waals surface area contributed by atoms with Crippen LogP contribution in [0.3, 0.4) is 0 Å². The number of amides is 2. The Morgan fingerprint density at radius 2 is 1.78 bits per heavy atom. The van der Waals surface area contributed by atoms with Crippen molar-refractivity contribution in [3.63, 3.8) is 0 Å². The summed E-state index contributed by atoms with van der Waals surface area (Å²) in [5.41, 5.74) is 4.46. The predicted octanol–water partition coefficient (Wildman–Crippen LogP) is 5.11. The van der Waals surface area contributed by atoms with Gasteiger partial charge in [-0.1, -0.05) is 38.1 Å². The smallest absolute Gasteiger partial charge is 0.282 e. The average molecular weight is 433 g/mol. The van der Waals surface area contributed by atoms with Gasteiger partial charge in [0.1, 0.15) is 11.4 Å². The minimum Gasteiger partial charge on any atom is -0.494 e. The zero-order chi connectivity index (χ0) is 22.8. The molecule has 0 radical (unpaired) electrons. The lowest BCUT2D eigenvalue weighted by Crippen LogP contribution is -2.39. The van der Waals surface area contributed by atoms with Crippen LogP contribution in [0, 0.1) is 19.8 Å². The van der Waals surface area contributed by atoms with Crippen molar-refractivity contribution in [2.24, 2.45) is 5.92 Å². The maximum absolute atomic E-state index is 13.8. The molecule has 2 aliphatic rings. The third-order valence-electron chi connectivity index (χ3n) is 6.47. The number of carbonyl (C=O) groups is 2. The van der Waals surface area contributed by atoms with Crippen molar-refractivity contribution < 1.29 is 14.3 Å². The molecule has 1 atom stereocenters. The van der Waals surface area contributed by atoms with Gasteiger partial charge in [0.15, 0.2) is 0 Å². The quantitative estimate of drug-likeness (QED) is 0.596. The van der Waals surface area contributed by atoms with Crippen LogP contribution in [-0.4, -0.2) is 36.4 Å². The molecule has 1 saturated heterocycles. The van der Waals surface area contributed by atoms with Gasteiger partial charge in [-0.25, -0.2) is 4.90 Å². The summed E-state index contributed by atoms with van der Waals surface area (Å²) >= 11 is 0. The van der Waals surface area contributed by atoms with E-state index in [2.05, 4.69) is 18.7 Å². The lowest BCUT2D eigenvalue weighted by atomic mass is 9.97. The molecule has 0 spiro atoms. The fraction of sp³-hybridized carbons (Fsp3) is 0.407. The number of ether oxygens (including phenoxy) is 1. The van der Waals surface area contributed by atoms with Crippen LogP contribution in [0.5, 0.6) is 5.75 Å². The number of carbonyl (C=O) groups excluding carboxylic acids is 2. The number of piperidine rings is 1. The molecule has 2 aliphatic heterocycles. The molecule has 2 amide bonds. The summed E-state index contributed by atoms with van der Waals surface area (Å²) in [5.74, 6) is 0.783. The van der Waals surface area contributed by atoms with Gasteiger partial charge >= 0.3 is 0 Å². The maximum Gasteiger partial charge on any atom is 0.282 e. The average Bonchev–Trinajstić information content (AvgIpc) is 3.04. The van der Waals surface area contributed by atoms with E-state index in [9.17, 15) is 9.59 Å². The van der Waals surface area contributed by atoms with Crippen molar-refractivity contribution in [1.29, 1.82) is 0 Å². The van der Waals surface area contributed by atoms with Gasteiger partial charge in [-0.2, -0.15) is 0 Å². The molecule has 168 valence electrons. The molecular weight excluding hydrogens is 400 g/mol. The first-order chi connectivity index (χ1) is 15.4. The van der Waals surface area contributed by atoms with Gasteiger partial charge < -0.3 is 9.64 Å². The first-order valence-electron chi connectivity index (χ1n) is 11.6. The summed E-state index contributed by atoms with van der Waals surface area (Å²) in [7, 11) is 0. The van der Waals surface area contributed by atoms with E-state index in [1.165, 1.54) is 4.90 Å². The third kappa shape index (κ3) is 4.04. The largest absolute Gasteiger partial charge is 0.494 e. The van der Waals surface area contributed by atoms with Crippen LogP contribution in [0.1, 0.15) is 49.8 Å². The monoisotopic (exact) mass is 432 g/mol. The molecule has 2 aromatic carbocycles. The van der Waals surface area contributed by atoms with Crippen LogP contribution in [0.2, 0.25) is 0 Å². The van der Waals surface area contributed by atoms with Crippen LogP contribution in [0.15, 0.2) is 48.2 Å². The van der Waals surface area contributed by atoms with Gasteiger partial charge in [0.2, 0.25) is 0 Å². The van der Waals surface area contributed by atoms with E-state index in [1.54, 1.807) is 0 Å². The second-order valence-electron chi connectivity index (χ2n) is 8.95. The van der Waals surface area contributed by atoms with Crippen LogP contribution < -0.4 is 9.64 Å². The number of benzene rings is 2. The van der Waals surface area contributed by atoms with Gasteiger partial charge in [-0.3, -0.25) is 9.59 Å². The minimum absolute atomic E-state index is 0.223. The Morgan fingerprint density at radius 3 is 2.47 bits per heavy atom. The van der Waals surface area contributed by atoms with Crippen molar-refractivity contribution in [3.8, 4) is 5.75 Å². The van der Waals surface area contributed by atoms with Gasteiger partial charge in [0.25, 0.3) is 11.8 Å². The zero-order valence-electron chi connectivity index (χ0n) is 19.5.